The van der Waals surface area contributed by atoms with Gasteiger partial charge in [0, 0.05) is 12.4 Å². The van der Waals surface area contributed by atoms with Gasteiger partial charge in [-0.15, -0.1) is 11.6 Å². The van der Waals surface area contributed by atoms with Crippen LogP contribution in [0.4, 0.5) is 0 Å². The molecule has 0 aliphatic heterocycles. The molecular weight excluding hydrogens is 309 g/mol. The van der Waals surface area contributed by atoms with Gasteiger partial charge < -0.3 is 9.67 Å². The molecule has 0 amide bonds. The van der Waals surface area contributed by atoms with Crippen molar-refractivity contribution in [3.8, 4) is 0 Å². The zero-order valence-electron chi connectivity index (χ0n) is 12.2. The van der Waals surface area contributed by atoms with Crippen molar-refractivity contribution in [1.29, 1.82) is 0 Å². The Kier molecular flexibility index (Phi) is 5.17. The van der Waals surface area contributed by atoms with E-state index < -0.39 is 5.97 Å². The molecule has 1 N–H and O–H groups in total. The van der Waals surface area contributed by atoms with Gasteiger partial charge in [-0.2, -0.15) is 0 Å². The maximum atomic E-state index is 11.7. The van der Waals surface area contributed by atoms with Crippen LogP contribution in [0.15, 0.2) is 18.2 Å². The number of nitrogens with zero attached hydrogens (tertiary/aromatic N) is 1. The van der Waals surface area contributed by atoms with Crippen LogP contribution < -0.4 is 0 Å². The normalized spacial score (nSPS) is 12.8. The molecule has 0 saturated heterocycles. The summed E-state index contributed by atoms with van der Waals surface area (Å²) >= 11 is 12.7. The number of carboxylic acid groups (broad SMARTS) is 1. The van der Waals surface area contributed by atoms with Crippen molar-refractivity contribution in [2.45, 2.75) is 38.0 Å². The van der Waals surface area contributed by atoms with E-state index in [0.29, 0.717) is 16.1 Å². The van der Waals surface area contributed by atoms with Crippen LogP contribution in [-0.4, -0.2) is 15.6 Å². The first-order valence-electron chi connectivity index (χ1n) is 7.13. The molecule has 0 saturated carbocycles. The Bertz CT molecular complexity index is 664. The van der Waals surface area contributed by atoms with Crippen LogP contribution in [0.5, 0.6) is 0 Å². The minimum absolute atomic E-state index is 0.270. The van der Waals surface area contributed by atoms with Gasteiger partial charge in [0.25, 0.3) is 0 Å². The smallest absolute Gasteiger partial charge is 0.338 e. The fourth-order valence-electron chi connectivity index (χ4n) is 2.79. The average molecular weight is 328 g/mol. The molecule has 3 nitrogen and oxygen atoms in total. The topological polar surface area (TPSA) is 42.2 Å². The van der Waals surface area contributed by atoms with E-state index in [9.17, 15) is 9.90 Å². The third-order valence-electron chi connectivity index (χ3n) is 3.78. The molecule has 1 atom stereocenters. The van der Waals surface area contributed by atoms with Crippen molar-refractivity contribution < 1.29 is 9.90 Å². The van der Waals surface area contributed by atoms with Gasteiger partial charge in [0.2, 0.25) is 0 Å². The molecular formula is C16H19Cl2NO2. The van der Waals surface area contributed by atoms with Gasteiger partial charge in [0.05, 0.1) is 27.2 Å². The molecule has 0 bridgehead atoms. The summed E-state index contributed by atoms with van der Waals surface area (Å²) in [5.41, 5.74) is 1.64. The number of alkyl halides is 1. The van der Waals surface area contributed by atoms with Gasteiger partial charge in [0.1, 0.15) is 0 Å². The second kappa shape index (κ2) is 6.71. The van der Waals surface area contributed by atoms with Gasteiger partial charge >= 0.3 is 5.97 Å². The molecule has 0 aliphatic rings. The van der Waals surface area contributed by atoms with E-state index in [2.05, 4.69) is 6.92 Å². The highest BCUT2D eigenvalue weighted by atomic mass is 35.5. The number of fused-ring (bicyclic) bond motifs is 1. The van der Waals surface area contributed by atoms with Gasteiger partial charge in [-0.25, -0.2) is 4.79 Å². The quantitative estimate of drug-likeness (QED) is 0.570. The van der Waals surface area contributed by atoms with E-state index >= 15 is 0 Å². The lowest BCUT2D eigenvalue weighted by atomic mass is 10.1. The Labute approximate surface area is 134 Å². The summed E-state index contributed by atoms with van der Waals surface area (Å²) in [6.45, 7) is 2.13. The van der Waals surface area contributed by atoms with E-state index in [1.54, 1.807) is 18.2 Å². The van der Waals surface area contributed by atoms with Gasteiger partial charge in [0.15, 0.2) is 0 Å². The Morgan fingerprint density at radius 2 is 2.10 bits per heavy atom. The van der Waals surface area contributed by atoms with Crippen LogP contribution >= 0.6 is 23.2 Å². The standard InChI is InChI=1S/C16H19Cl2NO2/c1-3-4-5-8-12(18)15-13(16(20)21)10-7-6-9-11(17)14(10)19(15)2/h6-7,9,12H,3-5,8H2,1-2H3,(H,20,21). The predicted molar refractivity (Wildman–Crippen MR) is 87.6 cm³/mol. The minimum atomic E-state index is -0.959. The van der Waals surface area contributed by atoms with Gasteiger partial charge in [-0.1, -0.05) is 49.9 Å². The summed E-state index contributed by atoms with van der Waals surface area (Å²) < 4.78 is 1.82. The summed E-state index contributed by atoms with van der Waals surface area (Å²) in [4.78, 5) is 11.7. The largest absolute Gasteiger partial charge is 0.478 e. The number of halogens is 2. The number of carboxylic acids is 1. The maximum absolute atomic E-state index is 11.7. The third-order valence-corrected chi connectivity index (χ3v) is 4.51. The van der Waals surface area contributed by atoms with Crippen molar-refractivity contribution in [2.24, 2.45) is 7.05 Å². The molecule has 0 fully saturated rings. The molecule has 114 valence electrons. The number of unbranched alkanes of at least 4 members (excludes halogenated alkanes) is 2. The highest BCUT2D eigenvalue weighted by Gasteiger charge is 2.26. The molecule has 0 aliphatic carbocycles. The second-order valence-electron chi connectivity index (χ2n) is 5.22. The Morgan fingerprint density at radius 3 is 2.71 bits per heavy atom. The molecule has 1 aromatic carbocycles. The molecule has 1 unspecified atom stereocenters. The summed E-state index contributed by atoms with van der Waals surface area (Å²) in [5, 5.41) is 10.4. The lowest BCUT2D eigenvalue weighted by Gasteiger charge is -2.12. The highest BCUT2D eigenvalue weighted by molar-refractivity contribution is 6.36. The molecule has 1 heterocycles. The monoisotopic (exact) mass is 327 g/mol. The first-order chi connectivity index (χ1) is 9.99. The fourth-order valence-corrected chi connectivity index (χ4v) is 3.50. The Hall–Kier alpha value is -1.19. The third kappa shape index (κ3) is 3.04. The van der Waals surface area contributed by atoms with Crippen LogP contribution in [0.1, 0.15) is 54.0 Å². The van der Waals surface area contributed by atoms with Gasteiger partial charge in [-0.3, -0.25) is 0 Å². The summed E-state index contributed by atoms with van der Waals surface area (Å²) in [6.07, 6.45) is 3.95. The maximum Gasteiger partial charge on any atom is 0.338 e. The molecule has 21 heavy (non-hydrogen) atoms. The van der Waals surface area contributed by atoms with E-state index in [0.717, 1.165) is 31.2 Å². The lowest BCUT2D eigenvalue weighted by Crippen LogP contribution is -2.07. The summed E-state index contributed by atoms with van der Waals surface area (Å²) in [7, 11) is 1.82. The highest BCUT2D eigenvalue weighted by Crippen LogP contribution is 2.37. The van der Waals surface area contributed by atoms with Crippen LogP contribution in [-0.2, 0) is 7.05 Å². The Balaban J connectivity index is 2.56. The average Bonchev–Trinajstić information content (AvgIpc) is 2.73. The second-order valence-corrected chi connectivity index (χ2v) is 6.16. The molecule has 0 spiro atoms. The number of aromatic nitrogens is 1. The number of hydrogen-bond acceptors (Lipinski definition) is 1. The first-order valence-corrected chi connectivity index (χ1v) is 7.94. The molecule has 2 aromatic rings. The summed E-state index contributed by atoms with van der Waals surface area (Å²) in [5.74, 6) is -0.959. The van der Waals surface area contributed by atoms with Crippen molar-refractivity contribution in [3.05, 3.63) is 34.5 Å². The Morgan fingerprint density at radius 1 is 1.38 bits per heavy atom. The number of para-hydroxylation sites is 1. The van der Waals surface area contributed by atoms with E-state index in [1.807, 2.05) is 11.6 Å². The van der Waals surface area contributed by atoms with E-state index in [1.165, 1.54) is 0 Å². The van der Waals surface area contributed by atoms with Crippen LogP contribution in [0.25, 0.3) is 10.9 Å². The number of aromatic carboxylic acids is 1. The molecule has 0 radical (unpaired) electrons. The van der Waals surface area contributed by atoms with Crippen LogP contribution in [0.3, 0.4) is 0 Å². The zero-order valence-corrected chi connectivity index (χ0v) is 13.7. The molecule has 5 heteroatoms. The lowest BCUT2D eigenvalue weighted by molar-refractivity contribution is 0.0697. The van der Waals surface area contributed by atoms with Crippen LogP contribution in [0.2, 0.25) is 5.02 Å². The van der Waals surface area contributed by atoms with Crippen molar-refractivity contribution in [3.63, 3.8) is 0 Å². The number of benzene rings is 1. The van der Waals surface area contributed by atoms with Crippen LogP contribution in [0, 0.1) is 0 Å². The summed E-state index contributed by atoms with van der Waals surface area (Å²) in [6, 6.07) is 5.31. The minimum Gasteiger partial charge on any atom is -0.478 e. The molecule has 2 rings (SSSR count). The van der Waals surface area contributed by atoms with Crippen molar-refractivity contribution in [2.75, 3.05) is 0 Å². The number of carbonyl (C=O) groups is 1. The number of hydrogen-bond donors (Lipinski definition) is 1. The van der Waals surface area contributed by atoms with Gasteiger partial charge in [-0.05, 0) is 12.5 Å². The SMILES string of the molecule is CCCCCC(Cl)c1c(C(=O)O)c2cccc(Cl)c2n1C. The first kappa shape index (κ1) is 16.2. The van der Waals surface area contributed by atoms with Crippen molar-refractivity contribution in [1.82, 2.24) is 4.57 Å². The number of rotatable bonds is 6. The fraction of sp³-hybridized carbons (Fsp3) is 0.438. The van der Waals surface area contributed by atoms with E-state index in [4.69, 9.17) is 23.2 Å². The molecule has 1 aromatic heterocycles. The van der Waals surface area contributed by atoms with E-state index in [-0.39, 0.29) is 10.9 Å². The zero-order chi connectivity index (χ0) is 15.6. The predicted octanol–water partition coefficient (Wildman–Crippen LogP) is 5.39. The number of aryl methyl sites for hydroxylation is 1. The van der Waals surface area contributed by atoms with Crippen molar-refractivity contribution >= 4 is 40.1 Å².